The van der Waals surface area contributed by atoms with E-state index in [4.69, 9.17) is 4.74 Å². The van der Waals surface area contributed by atoms with E-state index in [1.54, 1.807) is 17.0 Å². The summed E-state index contributed by atoms with van der Waals surface area (Å²) in [6.45, 7) is 6.81. The van der Waals surface area contributed by atoms with E-state index in [1.807, 2.05) is 26.8 Å². The molecule has 6 nitrogen and oxygen atoms in total. The minimum Gasteiger partial charge on any atom is -0.444 e. The molecule has 6 heteroatoms. The topological polar surface area (TPSA) is 72.7 Å². The van der Waals surface area contributed by atoms with Gasteiger partial charge in [-0.05, 0) is 46.0 Å². The van der Waals surface area contributed by atoms with Crippen LogP contribution in [0.15, 0.2) is 24.3 Å². The number of likely N-dealkylation sites (tertiary alicyclic amines) is 1. The Morgan fingerprint density at radius 3 is 2.74 bits per heavy atom. The molecule has 126 valence electrons. The molecule has 23 heavy (non-hydrogen) atoms. The molecule has 1 saturated heterocycles. The van der Waals surface area contributed by atoms with Crippen LogP contribution in [0, 0.1) is 16.0 Å². The quantitative estimate of drug-likeness (QED) is 0.627. The number of nitro benzene ring substituents is 1. The molecule has 0 saturated carbocycles. The number of carbonyl (C=O) groups excluding carboxylic acids is 1. The Balaban J connectivity index is 2.02. The van der Waals surface area contributed by atoms with Gasteiger partial charge >= 0.3 is 6.09 Å². The third kappa shape index (κ3) is 4.94. The number of hydrogen-bond acceptors (Lipinski definition) is 4. The fraction of sp³-hybridized carbons (Fsp3) is 0.588. The maximum absolute atomic E-state index is 12.2. The van der Waals surface area contributed by atoms with Gasteiger partial charge in [0.15, 0.2) is 0 Å². The van der Waals surface area contributed by atoms with Gasteiger partial charge < -0.3 is 9.64 Å². The van der Waals surface area contributed by atoms with Crippen LogP contribution in [0.4, 0.5) is 10.5 Å². The third-order valence-corrected chi connectivity index (χ3v) is 3.87. The van der Waals surface area contributed by atoms with Gasteiger partial charge in [-0.15, -0.1) is 0 Å². The minimum atomic E-state index is -0.512. The van der Waals surface area contributed by atoms with Crippen molar-refractivity contribution in [2.24, 2.45) is 5.92 Å². The van der Waals surface area contributed by atoms with E-state index >= 15 is 0 Å². The second-order valence-electron chi connectivity index (χ2n) is 7.02. The van der Waals surface area contributed by atoms with E-state index in [-0.39, 0.29) is 22.6 Å². The van der Waals surface area contributed by atoms with Crippen LogP contribution in [0.5, 0.6) is 0 Å². The maximum Gasteiger partial charge on any atom is 0.410 e. The van der Waals surface area contributed by atoms with Gasteiger partial charge in [-0.25, -0.2) is 4.79 Å². The fourth-order valence-corrected chi connectivity index (χ4v) is 2.90. The first-order valence-electron chi connectivity index (χ1n) is 7.96. The Morgan fingerprint density at radius 1 is 1.39 bits per heavy atom. The van der Waals surface area contributed by atoms with Crippen molar-refractivity contribution in [3.05, 3.63) is 39.9 Å². The van der Waals surface area contributed by atoms with Crippen LogP contribution in [0.2, 0.25) is 0 Å². The molecule has 1 aliphatic heterocycles. The molecule has 1 heterocycles. The van der Waals surface area contributed by atoms with Gasteiger partial charge in [0, 0.05) is 24.7 Å². The van der Waals surface area contributed by atoms with Gasteiger partial charge in [0.05, 0.1) is 4.92 Å². The predicted octanol–water partition coefficient (Wildman–Crippen LogP) is 3.78. The monoisotopic (exact) mass is 320 g/mol. The molecule has 1 amide bonds. The summed E-state index contributed by atoms with van der Waals surface area (Å²) in [6, 6.07) is 6.82. The van der Waals surface area contributed by atoms with Gasteiger partial charge in [-0.3, -0.25) is 10.1 Å². The Labute approximate surface area is 136 Å². The first kappa shape index (κ1) is 17.2. The van der Waals surface area contributed by atoms with Gasteiger partial charge in [-0.1, -0.05) is 18.2 Å². The first-order valence-corrected chi connectivity index (χ1v) is 7.96. The number of hydrogen-bond donors (Lipinski definition) is 0. The van der Waals surface area contributed by atoms with E-state index in [9.17, 15) is 14.9 Å². The second-order valence-corrected chi connectivity index (χ2v) is 7.02. The molecule has 1 aromatic carbocycles. The zero-order chi connectivity index (χ0) is 17.0. The summed E-state index contributed by atoms with van der Waals surface area (Å²) in [4.78, 5) is 24.7. The smallest absolute Gasteiger partial charge is 0.410 e. The zero-order valence-corrected chi connectivity index (χ0v) is 13.9. The Hall–Kier alpha value is -2.11. The van der Waals surface area contributed by atoms with Crippen LogP contribution >= 0.6 is 0 Å². The molecule has 1 atom stereocenters. The van der Waals surface area contributed by atoms with E-state index < -0.39 is 5.60 Å². The third-order valence-electron chi connectivity index (χ3n) is 3.87. The van der Waals surface area contributed by atoms with Gasteiger partial charge in [0.2, 0.25) is 0 Å². The summed E-state index contributed by atoms with van der Waals surface area (Å²) in [5.74, 6) is 0.220. The SMILES string of the molecule is CC(C)(C)OC(=O)N1CCC[C@@H](Cc2ccccc2[N+](=O)[O-])C1. The van der Waals surface area contributed by atoms with Crippen molar-refractivity contribution in [1.29, 1.82) is 0 Å². The van der Waals surface area contributed by atoms with Crippen LogP contribution in [-0.2, 0) is 11.2 Å². The number of carbonyl (C=O) groups is 1. The second kappa shape index (κ2) is 6.98. The van der Waals surface area contributed by atoms with E-state index in [1.165, 1.54) is 6.07 Å². The van der Waals surface area contributed by atoms with Crippen LogP contribution in [-0.4, -0.2) is 34.6 Å². The Morgan fingerprint density at radius 2 is 2.09 bits per heavy atom. The highest BCUT2D eigenvalue weighted by atomic mass is 16.6. The maximum atomic E-state index is 12.2. The molecule has 1 aromatic rings. The molecule has 0 radical (unpaired) electrons. The van der Waals surface area contributed by atoms with Crippen molar-refractivity contribution in [3.63, 3.8) is 0 Å². The fourth-order valence-electron chi connectivity index (χ4n) is 2.90. The lowest BCUT2D eigenvalue weighted by Gasteiger charge is -2.34. The number of ether oxygens (including phenoxy) is 1. The Kier molecular flexibility index (Phi) is 5.23. The number of nitro groups is 1. The molecule has 0 aromatic heterocycles. The first-order chi connectivity index (χ1) is 10.8. The highest BCUT2D eigenvalue weighted by Gasteiger charge is 2.28. The highest BCUT2D eigenvalue weighted by molar-refractivity contribution is 5.68. The van der Waals surface area contributed by atoms with Gasteiger partial charge in [0.1, 0.15) is 5.60 Å². The highest BCUT2D eigenvalue weighted by Crippen LogP contribution is 2.26. The number of piperidine rings is 1. The lowest BCUT2D eigenvalue weighted by Crippen LogP contribution is -2.43. The number of para-hydroxylation sites is 1. The zero-order valence-electron chi connectivity index (χ0n) is 13.9. The standard InChI is InChI=1S/C17H24N2O4/c1-17(2,3)23-16(20)18-10-6-7-13(12-18)11-14-8-4-5-9-15(14)19(21)22/h4-5,8-9,13H,6-7,10-12H2,1-3H3/t13-/m0/s1. The normalized spacial score (nSPS) is 18.6. The lowest BCUT2D eigenvalue weighted by atomic mass is 9.91. The van der Waals surface area contributed by atoms with Gasteiger partial charge in [0.25, 0.3) is 5.69 Å². The number of rotatable bonds is 3. The van der Waals surface area contributed by atoms with Crippen LogP contribution in [0.3, 0.4) is 0 Å². The summed E-state index contributed by atoms with van der Waals surface area (Å²) in [7, 11) is 0. The van der Waals surface area contributed by atoms with Crippen molar-refractivity contribution < 1.29 is 14.5 Å². The molecular formula is C17H24N2O4. The van der Waals surface area contributed by atoms with Crippen molar-refractivity contribution >= 4 is 11.8 Å². The lowest BCUT2D eigenvalue weighted by molar-refractivity contribution is -0.385. The molecule has 0 spiro atoms. The molecule has 0 bridgehead atoms. The molecular weight excluding hydrogens is 296 g/mol. The minimum absolute atomic E-state index is 0.155. The number of nitrogens with zero attached hydrogens (tertiary/aromatic N) is 2. The van der Waals surface area contributed by atoms with E-state index in [0.29, 0.717) is 19.5 Å². The van der Waals surface area contributed by atoms with Gasteiger partial charge in [-0.2, -0.15) is 0 Å². The largest absolute Gasteiger partial charge is 0.444 e. The molecule has 1 fully saturated rings. The molecule has 0 N–H and O–H groups in total. The van der Waals surface area contributed by atoms with Crippen molar-refractivity contribution in [2.75, 3.05) is 13.1 Å². The summed E-state index contributed by atoms with van der Waals surface area (Å²) in [5.41, 5.74) is 0.373. The van der Waals surface area contributed by atoms with Crippen LogP contribution in [0.1, 0.15) is 39.2 Å². The molecule has 2 rings (SSSR count). The molecule has 0 aliphatic carbocycles. The summed E-state index contributed by atoms with van der Waals surface area (Å²) >= 11 is 0. The van der Waals surface area contributed by atoms with Crippen LogP contribution < -0.4 is 0 Å². The number of benzene rings is 1. The molecule has 1 aliphatic rings. The van der Waals surface area contributed by atoms with E-state index in [0.717, 1.165) is 18.4 Å². The van der Waals surface area contributed by atoms with E-state index in [2.05, 4.69) is 0 Å². The predicted molar refractivity (Wildman–Crippen MR) is 87.3 cm³/mol. The average Bonchev–Trinajstić information content (AvgIpc) is 2.46. The Bertz CT molecular complexity index is 580. The van der Waals surface area contributed by atoms with Crippen molar-refractivity contribution in [3.8, 4) is 0 Å². The van der Waals surface area contributed by atoms with Crippen LogP contribution in [0.25, 0.3) is 0 Å². The average molecular weight is 320 g/mol. The molecule has 0 unspecified atom stereocenters. The van der Waals surface area contributed by atoms with Crippen molar-refractivity contribution in [1.82, 2.24) is 4.90 Å². The summed E-state index contributed by atoms with van der Waals surface area (Å²) in [5, 5.41) is 11.1. The summed E-state index contributed by atoms with van der Waals surface area (Å²) < 4.78 is 5.42. The summed E-state index contributed by atoms with van der Waals surface area (Å²) in [6.07, 6.45) is 2.16. The van der Waals surface area contributed by atoms with Crippen molar-refractivity contribution in [2.45, 2.75) is 45.6 Å². The number of amides is 1.